The molecule has 2 N–H and O–H groups in total. The van der Waals surface area contributed by atoms with Crippen LogP contribution in [0.25, 0.3) is 0 Å². The molecule has 0 spiro atoms. The first kappa shape index (κ1) is 16.7. The van der Waals surface area contributed by atoms with Gasteiger partial charge >= 0.3 is 0 Å². The number of carbonyl (C=O) groups excluding carboxylic acids is 1. The van der Waals surface area contributed by atoms with E-state index < -0.39 is 0 Å². The van der Waals surface area contributed by atoms with E-state index in [2.05, 4.69) is 32.7 Å². The molecule has 3 heterocycles. The molecule has 3 unspecified atom stereocenters. The topological polar surface area (TPSA) is 57.3 Å². The van der Waals surface area contributed by atoms with Gasteiger partial charge in [-0.2, -0.15) is 11.3 Å². The van der Waals surface area contributed by atoms with Crippen molar-refractivity contribution in [3.8, 4) is 0 Å². The second-order valence-electron chi connectivity index (χ2n) is 7.01. The van der Waals surface area contributed by atoms with Gasteiger partial charge < -0.3 is 4.90 Å². The highest BCUT2D eigenvalue weighted by molar-refractivity contribution is 7.07. The van der Waals surface area contributed by atoms with E-state index in [9.17, 15) is 4.79 Å². The van der Waals surface area contributed by atoms with Gasteiger partial charge in [0.2, 0.25) is 5.91 Å². The average Bonchev–Trinajstić information content (AvgIpc) is 3.31. The van der Waals surface area contributed by atoms with Crippen LogP contribution in [0.3, 0.4) is 0 Å². The summed E-state index contributed by atoms with van der Waals surface area (Å²) in [6.07, 6.45) is 8.38. The molecule has 2 aliphatic rings. The van der Waals surface area contributed by atoms with Gasteiger partial charge in [0.1, 0.15) is 6.04 Å². The van der Waals surface area contributed by atoms with Crippen LogP contribution < -0.4 is 10.9 Å². The summed E-state index contributed by atoms with van der Waals surface area (Å²) in [6, 6.07) is 6.36. The van der Waals surface area contributed by atoms with E-state index in [1.54, 1.807) is 17.5 Å². The quantitative estimate of drug-likeness (QED) is 0.865. The standard InChI is InChI=1S/C19H24N4OS/c24-19(18-16-5-1-2-6-17(16)21-22-18)23(12-15-7-9-25-13-15)11-14-4-3-8-20-10-14/h3-4,7-10,13,16-18,21-22H,1-2,5-6,11-12H2. The lowest BCUT2D eigenvalue weighted by molar-refractivity contribution is -0.135. The third-order valence-corrected chi connectivity index (χ3v) is 6.03. The Morgan fingerprint density at radius 3 is 2.88 bits per heavy atom. The zero-order valence-electron chi connectivity index (χ0n) is 14.2. The molecule has 0 bridgehead atoms. The fraction of sp³-hybridized carbons (Fsp3) is 0.474. The smallest absolute Gasteiger partial charge is 0.242 e. The van der Waals surface area contributed by atoms with E-state index in [0.29, 0.717) is 25.0 Å². The second kappa shape index (κ2) is 7.64. The molecular formula is C19H24N4OS. The van der Waals surface area contributed by atoms with Gasteiger partial charge in [-0.05, 0) is 46.9 Å². The fourth-order valence-corrected chi connectivity index (χ4v) is 4.67. The maximum atomic E-state index is 13.3. The lowest BCUT2D eigenvalue weighted by Gasteiger charge is -2.30. The number of nitrogens with one attached hydrogen (secondary N) is 2. The van der Waals surface area contributed by atoms with Crippen molar-refractivity contribution in [1.29, 1.82) is 0 Å². The summed E-state index contributed by atoms with van der Waals surface area (Å²) in [5.41, 5.74) is 8.90. The first-order chi connectivity index (χ1) is 12.3. The van der Waals surface area contributed by atoms with Gasteiger partial charge in [0, 0.05) is 37.4 Å². The van der Waals surface area contributed by atoms with Gasteiger partial charge in [-0.1, -0.05) is 18.9 Å². The number of carbonyl (C=O) groups is 1. The van der Waals surface area contributed by atoms with E-state index in [-0.39, 0.29) is 11.9 Å². The monoisotopic (exact) mass is 356 g/mol. The Bertz CT molecular complexity index is 691. The molecule has 1 saturated carbocycles. The van der Waals surface area contributed by atoms with E-state index in [4.69, 9.17) is 0 Å². The molecule has 2 fully saturated rings. The number of hydrazine groups is 1. The SMILES string of the molecule is O=C(C1NNC2CCCCC21)N(Cc1cccnc1)Cc1ccsc1. The van der Waals surface area contributed by atoms with Crippen LogP contribution >= 0.6 is 11.3 Å². The second-order valence-corrected chi connectivity index (χ2v) is 7.79. The zero-order chi connectivity index (χ0) is 17.1. The number of hydrogen-bond donors (Lipinski definition) is 2. The molecule has 6 heteroatoms. The molecule has 1 aliphatic heterocycles. The Hall–Kier alpha value is -1.76. The Labute approximate surface area is 152 Å². The van der Waals surface area contributed by atoms with Crippen LogP contribution in [0.1, 0.15) is 36.8 Å². The number of amides is 1. The lowest BCUT2D eigenvalue weighted by atomic mass is 9.81. The molecule has 132 valence electrons. The number of pyridine rings is 1. The van der Waals surface area contributed by atoms with Crippen molar-refractivity contribution in [2.75, 3.05) is 0 Å². The van der Waals surface area contributed by atoms with Crippen LogP contribution in [0.2, 0.25) is 0 Å². The molecule has 0 radical (unpaired) electrons. The Kier molecular flexibility index (Phi) is 5.10. The Morgan fingerprint density at radius 2 is 2.08 bits per heavy atom. The first-order valence-electron chi connectivity index (χ1n) is 9.01. The van der Waals surface area contributed by atoms with Crippen molar-refractivity contribution in [3.63, 3.8) is 0 Å². The molecule has 1 aliphatic carbocycles. The molecule has 5 nitrogen and oxygen atoms in total. The molecule has 3 atom stereocenters. The maximum absolute atomic E-state index is 13.3. The van der Waals surface area contributed by atoms with Gasteiger partial charge in [-0.3, -0.25) is 15.2 Å². The van der Waals surface area contributed by atoms with Crippen LogP contribution in [-0.2, 0) is 17.9 Å². The van der Waals surface area contributed by atoms with Crippen molar-refractivity contribution < 1.29 is 4.79 Å². The van der Waals surface area contributed by atoms with Crippen LogP contribution in [0.15, 0.2) is 41.4 Å². The predicted molar refractivity (Wildman–Crippen MR) is 98.6 cm³/mol. The minimum atomic E-state index is -0.124. The van der Waals surface area contributed by atoms with Gasteiger partial charge in [0.15, 0.2) is 0 Å². The number of nitrogens with zero attached hydrogens (tertiary/aromatic N) is 2. The van der Waals surface area contributed by atoms with Gasteiger partial charge in [0.25, 0.3) is 0 Å². The molecule has 4 rings (SSSR count). The van der Waals surface area contributed by atoms with Crippen LogP contribution in [0.5, 0.6) is 0 Å². The highest BCUT2D eigenvalue weighted by Gasteiger charge is 2.42. The van der Waals surface area contributed by atoms with E-state index in [1.807, 2.05) is 23.2 Å². The summed E-state index contributed by atoms with van der Waals surface area (Å²) in [7, 11) is 0. The van der Waals surface area contributed by atoms with E-state index >= 15 is 0 Å². The van der Waals surface area contributed by atoms with Crippen molar-refractivity contribution in [1.82, 2.24) is 20.7 Å². The summed E-state index contributed by atoms with van der Waals surface area (Å²) in [4.78, 5) is 19.5. The van der Waals surface area contributed by atoms with Crippen molar-refractivity contribution >= 4 is 17.2 Å². The molecule has 25 heavy (non-hydrogen) atoms. The van der Waals surface area contributed by atoms with E-state index in [0.717, 1.165) is 18.4 Å². The third kappa shape index (κ3) is 3.76. The summed E-state index contributed by atoms with van der Waals surface area (Å²) in [5, 5.41) is 4.18. The zero-order valence-corrected chi connectivity index (χ0v) is 15.0. The fourth-order valence-electron chi connectivity index (χ4n) is 4.01. The van der Waals surface area contributed by atoms with Crippen molar-refractivity contribution in [2.24, 2.45) is 5.92 Å². The highest BCUT2D eigenvalue weighted by Crippen LogP contribution is 2.31. The molecule has 2 aromatic rings. The van der Waals surface area contributed by atoms with Crippen molar-refractivity contribution in [2.45, 2.75) is 50.9 Å². The Balaban J connectivity index is 1.53. The van der Waals surface area contributed by atoms with E-state index in [1.165, 1.54) is 18.4 Å². The van der Waals surface area contributed by atoms with Crippen molar-refractivity contribution in [3.05, 3.63) is 52.5 Å². The molecule has 2 aromatic heterocycles. The minimum Gasteiger partial charge on any atom is -0.333 e. The summed E-state index contributed by atoms with van der Waals surface area (Å²) < 4.78 is 0. The maximum Gasteiger partial charge on any atom is 0.242 e. The normalized spacial score (nSPS) is 25.5. The molecule has 1 saturated heterocycles. The first-order valence-corrected chi connectivity index (χ1v) is 9.95. The largest absolute Gasteiger partial charge is 0.333 e. The molecule has 0 aromatic carbocycles. The van der Waals surface area contributed by atoms with Gasteiger partial charge in [-0.25, -0.2) is 5.43 Å². The number of fused-ring (bicyclic) bond motifs is 1. The summed E-state index contributed by atoms with van der Waals surface area (Å²) in [5.74, 6) is 0.595. The summed E-state index contributed by atoms with van der Waals surface area (Å²) in [6.45, 7) is 1.24. The number of aromatic nitrogens is 1. The number of rotatable bonds is 5. The van der Waals surface area contributed by atoms with Gasteiger partial charge in [0.05, 0.1) is 0 Å². The molecule has 1 amide bonds. The highest BCUT2D eigenvalue weighted by atomic mass is 32.1. The number of thiophene rings is 1. The van der Waals surface area contributed by atoms with Crippen LogP contribution in [0, 0.1) is 5.92 Å². The van der Waals surface area contributed by atoms with Crippen LogP contribution in [-0.4, -0.2) is 27.9 Å². The van der Waals surface area contributed by atoms with Gasteiger partial charge in [-0.15, -0.1) is 0 Å². The predicted octanol–water partition coefficient (Wildman–Crippen LogP) is 2.71. The van der Waals surface area contributed by atoms with Crippen LogP contribution in [0.4, 0.5) is 0 Å². The lowest BCUT2D eigenvalue weighted by Crippen LogP contribution is -2.47. The average molecular weight is 356 g/mol. The third-order valence-electron chi connectivity index (χ3n) is 5.30. The Morgan fingerprint density at radius 1 is 1.20 bits per heavy atom. The number of hydrogen-bond acceptors (Lipinski definition) is 5. The summed E-state index contributed by atoms with van der Waals surface area (Å²) >= 11 is 1.67. The molecular weight excluding hydrogens is 332 g/mol. The minimum absolute atomic E-state index is 0.124.